The van der Waals surface area contributed by atoms with Gasteiger partial charge < -0.3 is 4.52 Å². The van der Waals surface area contributed by atoms with Crippen LogP contribution in [-0.4, -0.2) is 12.1 Å². The molecule has 3 nitrogen and oxygen atoms in total. The van der Waals surface area contributed by atoms with E-state index in [0.29, 0.717) is 11.7 Å². The van der Waals surface area contributed by atoms with E-state index in [9.17, 15) is 9.36 Å². The number of hydrogen-bond acceptors (Lipinski definition) is 3. The molecular formula is C12H17O3P. The molecule has 1 unspecified atom stereocenters. The normalized spacial score (nSPS) is 12.2. The standard InChI is InChI=1S/C12H17O3P/c1-5-16(14)15-12(13)11-9(3)6-8(2)7-10(11)4/h6-7,16H,5H2,1-4H3. The van der Waals surface area contributed by atoms with Gasteiger partial charge in [-0.3, -0.25) is 4.57 Å². The highest BCUT2D eigenvalue weighted by Crippen LogP contribution is 2.26. The summed E-state index contributed by atoms with van der Waals surface area (Å²) in [6.07, 6.45) is 0.389. The third-order valence-corrected chi connectivity index (χ3v) is 3.37. The highest BCUT2D eigenvalue weighted by atomic mass is 31.1. The first-order valence-corrected chi connectivity index (χ1v) is 6.81. The van der Waals surface area contributed by atoms with E-state index in [1.54, 1.807) is 6.92 Å². The fraction of sp³-hybridized carbons (Fsp3) is 0.417. The van der Waals surface area contributed by atoms with Crippen LogP contribution in [0.1, 0.15) is 34.0 Å². The molecule has 88 valence electrons. The Balaban J connectivity index is 3.04. The number of rotatable bonds is 3. The molecule has 1 rings (SSSR count). The zero-order valence-corrected chi connectivity index (χ0v) is 11.1. The summed E-state index contributed by atoms with van der Waals surface area (Å²) in [5, 5.41) is 0. The van der Waals surface area contributed by atoms with Crippen LogP contribution in [0.15, 0.2) is 12.1 Å². The van der Waals surface area contributed by atoms with Crippen molar-refractivity contribution < 1.29 is 13.9 Å². The highest BCUT2D eigenvalue weighted by Gasteiger charge is 2.15. The van der Waals surface area contributed by atoms with E-state index >= 15 is 0 Å². The van der Waals surface area contributed by atoms with Crippen molar-refractivity contribution in [1.29, 1.82) is 0 Å². The first-order valence-electron chi connectivity index (χ1n) is 5.28. The summed E-state index contributed by atoms with van der Waals surface area (Å²) in [5.74, 6) is -0.472. The summed E-state index contributed by atoms with van der Waals surface area (Å²) < 4.78 is 16.1. The quantitative estimate of drug-likeness (QED) is 0.761. The molecule has 0 heterocycles. The first kappa shape index (κ1) is 13.0. The molecule has 4 heteroatoms. The molecule has 1 aromatic rings. The minimum Gasteiger partial charge on any atom is -0.411 e. The lowest BCUT2D eigenvalue weighted by molar-refractivity contribution is 0.0748. The van der Waals surface area contributed by atoms with Crippen molar-refractivity contribution in [3.05, 3.63) is 34.4 Å². The molecule has 16 heavy (non-hydrogen) atoms. The van der Waals surface area contributed by atoms with Crippen molar-refractivity contribution >= 4 is 14.0 Å². The molecule has 0 spiro atoms. The van der Waals surface area contributed by atoms with E-state index in [-0.39, 0.29) is 0 Å². The molecule has 0 aliphatic rings. The van der Waals surface area contributed by atoms with Crippen LogP contribution in [0.5, 0.6) is 0 Å². The number of hydrogen-bond donors (Lipinski definition) is 0. The SMILES string of the molecule is CC[PH](=O)OC(=O)c1c(C)cc(C)cc1C. The zero-order chi connectivity index (χ0) is 12.3. The molecule has 0 amide bonds. The molecule has 0 saturated carbocycles. The molecular weight excluding hydrogens is 223 g/mol. The van der Waals surface area contributed by atoms with Gasteiger partial charge >= 0.3 is 5.97 Å². The van der Waals surface area contributed by atoms with Gasteiger partial charge in [0.2, 0.25) is 8.03 Å². The van der Waals surface area contributed by atoms with E-state index in [0.717, 1.165) is 16.7 Å². The average Bonchev–Trinajstić information content (AvgIpc) is 2.15. The predicted molar refractivity (Wildman–Crippen MR) is 65.6 cm³/mol. The van der Waals surface area contributed by atoms with Crippen LogP contribution in [0.2, 0.25) is 0 Å². The molecule has 0 saturated heterocycles. The maximum Gasteiger partial charge on any atom is 0.343 e. The number of carbonyl (C=O) groups is 1. The predicted octanol–water partition coefficient (Wildman–Crippen LogP) is 3.26. The van der Waals surface area contributed by atoms with E-state index in [1.807, 2.05) is 32.9 Å². The Hall–Kier alpha value is -1.08. The molecule has 0 bridgehead atoms. The van der Waals surface area contributed by atoms with E-state index in [2.05, 4.69) is 0 Å². The second kappa shape index (κ2) is 5.31. The van der Waals surface area contributed by atoms with Crippen LogP contribution >= 0.6 is 8.03 Å². The Labute approximate surface area is 96.7 Å². The fourth-order valence-corrected chi connectivity index (χ4v) is 2.18. The van der Waals surface area contributed by atoms with E-state index in [4.69, 9.17) is 4.52 Å². The molecule has 0 aromatic heterocycles. The molecule has 1 atom stereocenters. The lowest BCUT2D eigenvalue weighted by Crippen LogP contribution is -2.06. The van der Waals surface area contributed by atoms with Gasteiger partial charge in [-0.05, 0) is 31.9 Å². The van der Waals surface area contributed by atoms with Crippen LogP contribution in [-0.2, 0) is 9.09 Å². The van der Waals surface area contributed by atoms with Crippen LogP contribution in [0, 0.1) is 20.8 Å². The summed E-state index contributed by atoms with van der Waals surface area (Å²) in [4.78, 5) is 11.8. The fourth-order valence-electron chi connectivity index (χ4n) is 1.73. The van der Waals surface area contributed by atoms with Gasteiger partial charge in [0.15, 0.2) is 0 Å². The van der Waals surface area contributed by atoms with Crippen molar-refractivity contribution in [1.82, 2.24) is 0 Å². The zero-order valence-electron chi connectivity index (χ0n) is 10.1. The maximum absolute atomic E-state index is 11.8. The topological polar surface area (TPSA) is 43.4 Å². The second-order valence-corrected chi connectivity index (χ2v) is 5.54. The minimum absolute atomic E-state index is 0.389. The lowest BCUT2D eigenvalue weighted by atomic mass is 10.0. The van der Waals surface area contributed by atoms with Crippen LogP contribution in [0.25, 0.3) is 0 Å². The lowest BCUT2D eigenvalue weighted by Gasteiger charge is -2.10. The minimum atomic E-state index is -2.22. The Morgan fingerprint density at radius 3 is 2.19 bits per heavy atom. The third kappa shape index (κ3) is 2.96. The Morgan fingerprint density at radius 1 is 1.25 bits per heavy atom. The van der Waals surface area contributed by atoms with Gasteiger partial charge in [-0.15, -0.1) is 0 Å². The smallest absolute Gasteiger partial charge is 0.343 e. The van der Waals surface area contributed by atoms with Crippen LogP contribution in [0.3, 0.4) is 0 Å². The molecule has 1 aromatic carbocycles. The molecule has 0 N–H and O–H groups in total. The van der Waals surface area contributed by atoms with Gasteiger partial charge in [-0.1, -0.05) is 24.6 Å². The number of aryl methyl sites for hydroxylation is 3. The average molecular weight is 240 g/mol. The highest BCUT2D eigenvalue weighted by molar-refractivity contribution is 7.39. The van der Waals surface area contributed by atoms with Gasteiger partial charge in [-0.25, -0.2) is 4.79 Å². The Kier molecular flexibility index (Phi) is 4.31. The van der Waals surface area contributed by atoms with E-state index in [1.165, 1.54) is 0 Å². The van der Waals surface area contributed by atoms with Crippen molar-refractivity contribution in [3.63, 3.8) is 0 Å². The van der Waals surface area contributed by atoms with Crippen molar-refractivity contribution in [2.75, 3.05) is 6.16 Å². The molecule has 0 aliphatic carbocycles. The van der Waals surface area contributed by atoms with Crippen molar-refractivity contribution in [2.24, 2.45) is 0 Å². The van der Waals surface area contributed by atoms with Crippen LogP contribution < -0.4 is 0 Å². The summed E-state index contributed by atoms with van der Waals surface area (Å²) in [6.45, 7) is 7.44. The summed E-state index contributed by atoms with van der Waals surface area (Å²) in [6, 6.07) is 3.85. The van der Waals surface area contributed by atoms with Gasteiger partial charge in [-0.2, -0.15) is 0 Å². The Bertz CT molecular complexity index is 415. The molecule has 0 aliphatic heterocycles. The summed E-state index contributed by atoms with van der Waals surface area (Å²) in [7, 11) is -2.22. The first-order chi connectivity index (χ1) is 7.45. The monoisotopic (exact) mass is 240 g/mol. The van der Waals surface area contributed by atoms with Gasteiger partial charge in [0.1, 0.15) is 0 Å². The van der Waals surface area contributed by atoms with Gasteiger partial charge in [0, 0.05) is 6.16 Å². The number of benzene rings is 1. The molecule has 0 fully saturated rings. The van der Waals surface area contributed by atoms with Crippen molar-refractivity contribution in [2.45, 2.75) is 27.7 Å². The van der Waals surface area contributed by atoms with Gasteiger partial charge in [0.05, 0.1) is 5.56 Å². The summed E-state index contributed by atoms with van der Waals surface area (Å²) in [5.41, 5.74) is 3.38. The van der Waals surface area contributed by atoms with E-state index < -0.39 is 14.0 Å². The maximum atomic E-state index is 11.8. The van der Waals surface area contributed by atoms with Crippen LogP contribution in [0.4, 0.5) is 0 Å². The van der Waals surface area contributed by atoms with Crippen molar-refractivity contribution in [3.8, 4) is 0 Å². The Morgan fingerprint density at radius 2 is 1.75 bits per heavy atom. The summed E-state index contributed by atoms with van der Waals surface area (Å²) >= 11 is 0. The number of carbonyl (C=O) groups excluding carboxylic acids is 1. The largest absolute Gasteiger partial charge is 0.411 e. The third-order valence-electron chi connectivity index (χ3n) is 2.38. The van der Waals surface area contributed by atoms with Gasteiger partial charge in [0.25, 0.3) is 0 Å². The molecule has 0 radical (unpaired) electrons. The second-order valence-electron chi connectivity index (χ2n) is 3.89.